The van der Waals surface area contributed by atoms with Crippen molar-refractivity contribution in [3.63, 3.8) is 0 Å². The second kappa shape index (κ2) is 5.23. The highest BCUT2D eigenvalue weighted by Crippen LogP contribution is 2.30. The molecule has 2 rings (SSSR count). The van der Waals surface area contributed by atoms with Gasteiger partial charge in [0, 0.05) is 6.54 Å². The summed E-state index contributed by atoms with van der Waals surface area (Å²) in [5.41, 5.74) is 0.407. The van der Waals surface area contributed by atoms with E-state index in [1.165, 1.54) is 0 Å². The lowest BCUT2D eigenvalue weighted by Crippen LogP contribution is -2.35. The molecule has 6 heteroatoms. The van der Waals surface area contributed by atoms with Gasteiger partial charge in [-0.1, -0.05) is 29.3 Å². The van der Waals surface area contributed by atoms with Crippen LogP contribution < -0.4 is 10.6 Å². The van der Waals surface area contributed by atoms with Crippen molar-refractivity contribution >= 4 is 34.8 Å². The van der Waals surface area contributed by atoms with Crippen molar-refractivity contribution < 1.29 is 9.90 Å². The number of benzene rings is 1. The molecule has 0 saturated carbocycles. The number of hydrogen-bond donors (Lipinski definition) is 3. The largest absolute Gasteiger partial charge is 0.392 e. The summed E-state index contributed by atoms with van der Waals surface area (Å²) >= 11 is 11.9. The van der Waals surface area contributed by atoms with Crippen molar-refractivity contribution in [3.05, 3.63) is 28.2 Å². The number of nitrogens with one attached hydrogen (secondary N) is 2. The Morgan fingerprint density at radius 3 is 2.59 bits per heavy atom. The normalized spacial score (nSPS) is 23.7. The van der Waals surface area contributed by atoms with E-state index in [4.69, 9.17) is 23.2 Å². The molecule has 1 amide bonds. The van der Waals surface area contributed by atoms with E-state index in [9.17, 15) is 9.90 Å². The number of carbonyl (C=O) groups is 1. The van der Waals surface area contributed by atoms with Crippen LogP contribution in [0.1, 0.15) is 6.42 Å². The van der Waals surface area contributed by atoms with E-state index in [-0.39, 0.29) is 5.91 Å². The van der Waals surface area contributed by atoms with E-state index in [0.29, 0.717) is 28.7 Å². The predicted molar refractivity (Wildman–Crippen MR) is 67.5 cm³/mol. The number of aliphatic hydroxyl groups is 1. The van der Waals surface area contributed by atoms with Crippen molar-refractivity contribution in [3.8, 4) is 0 Å². The summed E-state index contributed by atoms with van der Waals surface area (Å²) in [6.45, 7) is 0.425. The van der Waals surface area contributed by atoms with Crippen LogP contribution >= 0.6 is 23.2 Å². The smallest absolute Gasteiger partial charge is 0.241 e. The van der Waals surface area contributed by atoms with Gasteiger partial charge in [-0.15, -0.1) is 0 Å². The summed E-state index contributed by atoms with van der Waals surface area (Å²) < 4.78 is 0. The molecule has 1 aromatic rings. The summed E-state index contributed by atoms with van der Waals surface area (Å²) in [5, 5.41) is 15.7. The van der Waals surface area contributed by atoms with Gasteiger partial charge in [0.1, 0.15) is 0 Å². The Labute approximate surface area is 109 Å². The Kier molecular flexibility index (Phi) is 3.89. The third-order valence-electron chi connectivity index (χ3n) is 2.64. The molecule has 1 aliphatic heterocycles. The molecule has 92 valence electrons. The van der Waals surface area contributed by atoms with Crippen LogP contribution in [0.5, 0.6) is 0 Å². The Bertz CT molecular complexity index is 419. The first-order valence-electron chi connectivity index (χ1n) is 5.24. The molecule has 1 aromatic carbocycles. The minimum absolute atomic E-state index is 0.239. The van der Waals surface area contributed by atoms with Gasteiger partial charge in [0.15, 0.2) is 0 Å². The van der Waals surface area contributed by atoms with Gasteiger partial charge in [-0.05, 0) is 18.6 Å². The molecule has 4 nitrogen and oxygen atoms in total. The molecule has 2 atom stereocenters. The molecule has 1 heterocycles. The lowest BCUT2D eigenvalue weighted by Gasteiger charge is -2.13. The minimum atomic E-state index is -0.479. The third-order valence-corrected chi connectivity index (χ3v) is 3.27. The van der Waals surface area contributed by atoms with Crippen LogP contribution in [0, 0.1) is 0 Å². The van der Waals surface area contributed by atoms with Crippen LogP contribution in [-0.4, -0.2) is 29.7 Å². The van der Waals surface area contributed by atoms with Gasteiger partial charge in [-0.3, -0.25) is 4.79 Å². The van der Waals surface area contributed by atoms with Crippen LogP contribution in [0.25, 0.3) is 0 Å². The number of anilines is 1. The van der Waals surface area contributed by atoms with Crippen molar-refractivity contribution in [2.24, 2.45) is 0 Å². The zero-order valence-corrected chi connectivity index (χ0v) is 10.4. The highest BCUT2D eigenvalue weighted by Gasteiger charge is 2.28. The van der Waals surface area contributed by atoms with Crippen LogP contribution in [0.4, 0.5) is 5.69 Å². The quantitative estimate of drug-likeness (QED) is 0.769. The average molecular weight is 275 g/mol. The fraction of sp³-hybridized carbons (Fsp3) is 0.364. The molecule has 2 unspecified atom stereocenters. The molecule has 17 heavy (non-hydrogen) atoms. The molecular formula is C11H12Cl2N2O2. The molecule has 3 N–H and O–H groups in total. The Balaban J connectivity index is 2.08. The molecule has 0 radical (unpaired) electrons. The molecule has 1 fully saturated rings. The van der Waals surface area contributed by atoms with Gasteiger partial charge < -0.3 is 15.7 Å². The molecule has 0 aliphatic carbocycles. The number of aliphatic hydroxyl groups excluding tert-OH is 1. The zero-order chi connectivity index (χ0) is 12.4. The molecule has 0 aromatic heterocycles. The SMILES string of the molecule is O=C(Nc1c(Cl)cccc1Cl)C1CC(O)CN1. The number of amides is 1. The summed E-state index contributed by atoms with van der Waals surface area (Å²) in [4.78, 5) is 11.9. The van der Waals surface area contributed by atoms with Crippen molar-refractivity contribution in [2.75, 3.05) is 11.9 Å². The van der Waals surface area contributed by atoms with Gasteiger partial charge in [0.2, 0.25) is 5.91 Å². The zero-order valence-electron chi connectivity index (χ0n) is 8.91. The maximum absolute atomic E-state index is 11.9. The fourth-order valence-corrected chi connectivity index (χ4v) is 2.24. The average Bonchev–Trinajstić information content (AvgIpc) is 2.70. The van der Waals surface area contributed by atoms with E-state index in [2.05, 4.69) is 10.6 Å². The Morgan fingerprint density at radius 1 is 1.41 bits per heavy atom. The monoisotopic (exact) mass is 274 g/mol. The molecule has 0 bridgehead atoms. The van der Waals surface area contributed by atoms with Crippen LogP contribution in [0.2, 0.25) is 10.0 Å². The highest BCUT2D eigenvalue weighted by molar-refractivity contribution is 6.39. The second-order valence-corrected chi connectivity index (χ2v) is 4.75. The Hall–Kier alpha value is -0.810. The molecule has 1 saturated heterocycles. The van der Waals surface area contributed by atoms with Crippen LogP contribution in [-0.2, 0) is 4.79 Å². The van der Waals surface area contributed by atoms with Crippen LogP contribution in [0.3, 0.4) is 0 Å². The molecule has 1 aliphatic rings. The number of carbonyl (C=O) groups excluding carboxylic acids is 1. The third kappa shape index (κ3) is 2.90. The second-order valence-electron chi connectivity index (χ2n) is 3.94. The first-order valence-corrected chi connectivity index (χ1v) is 6.00. The lowest BCUT2D eigenvalue weighted by molar-refractivity contribution is -0.117. The number of halogens is 2. The maximum Gasteiger partial charge on any atom is 0.241 e. The van der Waals surface area contributed by atoms with Gasteiger partial charge in [-0.25, -0.2) is 0 Å². The molecule has 0 spiro atoms. The summed E-state index contributed by atoms with van der Waals surface area (Å²) in [7, 11) is 0. The summed E-state index contributed by atoms with van der Waals surface area (Å²) in [6.07, 6.45) is -0.0825. The fourth-order valence-electron chi connectivity index (χ4n) is 1.74. The van der Waals surface area contributed by atoms with Crippen molar-refractivity contribution in [1.29, 1.82) is 0 Å². The van der Waals surface area contributed by atoms with Gasteiger partial charge >= 0.3 is 0 Å². The number of hydrogen-bond acceptors (Lipinski definition) is 3. The first-order chi connectivity index (χ1) is 8.08. The first kappa shape index (κ1) is 12.6. The van der Waals surface area contributed by atoms with Gasteiger partial charge in [0.25, 0.3) is 0 Å². The minimum Gasteiger partial charge on any atom is -0.392 e. The van der Waals surface area contributed by atoms with E-state index < -0.39 is 12.1 Å². The van der Waals surface area contributed by atoms with Gasteiger partial charge in [-0.2, -0.15) is 0 Å². The van der Waals surface area contributed by atoms with E-state index >= 15 is 0 Å². The van der Waals surface area contributed by atoms with Crippen molar-refractivity contribution in [2.45, 2.75) is 18.6 Å². The number of para-hydroxylation sites is 1. The van der Waals surface area contributed by atoms with E-state index in [0.717, 1.165) is 0 Å². The topological polar surface area (TPSA) is 61.4 Å². The Morgan fingerprint density at radius 2 is 2.06 bits per heavy atom. The maximum atomic E-state index is 11.9. The summed E-state index contributed by atoms with van der Waals surface area (Å²) in [6, 6.07) is 4.61. The van der Waals surface area contributed by atoms with E-state index in [1.807, 2.05) is 0 Å². The number of rotatable bonds is 2. The molecular weight excluding hydrogens is 263 g/mol. The van der Waals surface area contributed by atoms with E-state index in [1.54, 1.807) is 18.2 Å². The van der Waals surface area contributed by atoms with Crippen molar-refractivity contribution in [1.82, 2.24) is 5.32 Å². The number of β-amino-alcohol motifs (C(OH)–C–C–N with tert-alkyl or cyclic N) is 1. The standard InChI is InChI=1S/C11H12Cl2N2O2/c12-7-2-1-3-8(13)10(7)15-11(17)9-4-6(16)5-14-9/h1-3,6,9,14,16H,4-5H2,(H,15,17). The summed E-state index contributed by atoms with van der Waals surface area (Å²) in [5.74, 6) is -0.239. The van der Waals surface area contributed by atoms with Crippen LogP contribution in [0.15, 0.2) is 18.2 Å². The highest BCUT2D eigenvalue weighted by atomic mass is 35.5. The lowest BCUT2D eigenvalue weighted by atomic mass is 10.2. The predicted octanol–water partition coefficient (Wildman–Crippen LogP) is 1.65. The van der Waals surface area contributed by atoms with Gasteiger partial charge in [0.05, 0.1) is 27.9 Å².